The third-order valence-corrected chi connectivity index (χ3v) is 11.5. The molecule has 4 bridgehead atoms. The number of fused-ring (bicyclic) bond motifs is 4. The molecule has 4 aliphatic rings. The Hall–Kier alpha value is -3.96. The number of imidazole rings is 1. The van der Waals surface area contributed by atoms with E-state index in [1.165, 1.54) is 0 Å². The first kappa shape index (κ1) is 30.4. The maximum absolute atomic E-state index is 14.0. The number of amides is 2. The molecule has 6 heterocycles. The molecule has 47 heavy (non-hydrogen) atoms. The molecule has 3 fully saturated rings. The van der Waals surface area contributed by atoms with Gasteiger partial charge in [-0.3, -0.25) is 9.59 Å². The number of piperidine rings is 1. The number of pyridine rings is 1. The normalized spacial score (nSPS) is 27.4. The lowest BCUT2D eigenvalue weighted by Gasteiger charge is -2.41. The zero-order valence-corrected chi connectivity index (χ0v) is 27.5. The van der Waals surface area contributed by atoms with Crippen LogP contribution in [0.15, 0.2) is 30.3 Å². The van der Waals surface area contributed by atoms with E-state index in [1.54, 1.807) is 13.2 Å². The van der Waals surface area contributed by atoms with Crippen LogP contribution in [0.1, 0.15) is 93.2 Å². The molecule has 0 radical (unpaired) electrons. The van der Waals surface area contributed by atoms with Crippen molar-refractivity contribution in [3.63, 3.8) is 0 Å². The van der Waals surface area contributed by atoms with Crippen molar-refractivity contribution in [1.82, 2.24) is 29.3 Å². The maximum atomic E-state index is 14.0. The third-order valence-electron chi connectivity index (χ3n) is 11.5. The van der Waals surface area contributed by atoms with Crippen molar-refractivity contribution in [3.8, 4) is 17.3 Å². The molecule has 0 unspecified atom stereocenters. The molecule has 3 aliphatic heterocycles. The molecule has 2 saturated heterocycles. The summed E-state index contributed by atoms with van der Waals surface area (Å²) in [5.74, 6) is 1.42. The summed E-state index contributed by atoms with van der Waals surface area (Å²) >= 11 is 0. The molecular weight excluding hydrogens is 594 g/mol. The van der Waals surface area contributed by atoms with Gasteiger partial charge in [0, 0.05) is 36.0 Å². The van der Waals surface area contributed by atoms with E-state index in [9.17, 15) is 14.7 Å². The molecular formula is C36H45N7O4. The van der Waals surface area contributed by atoms with Crippen LogP contribution in [0.2, 0.25) is 0 Å². The Kier molecular flexibility index (Phi) is 7.33. The fraction of sp³-hybridized carbons (Fsp3) is 0.556. The van der Waals surface area contributed by atoms with Gasteiger partial charge < -0.3 is 34.9 Å². The number of carbonyl (C=O) groups excluding carboxylic acids is 2. The van der Waals surface area contributed by atoms with Gasteiger partial charge in [-0.25, -0.2) is 9.97 Å². The first-order chi connectivity index (χ1) is 22.7. The summed E-state index contributed by atoms with van der Waals surface area (Å²) in [6.07, 6.45) is 8.73. The number of aliphatic hydroxyl groups excluding tert-OH is 1. The Morgan fingerprint density at radius 2 is 1.89 bits per heavy atom. The molecule has 5 atom stereocenters. The topological polar surface area (TPSA) is 141 Å². The van der Waals surface area contributed by atoms with Crippen LogP contribution < -0.4 is 15.8 Å². The Balaban J connectivity index is 1.19. The summed E-state index contributed by atoms with van der Waals surface area (Å²) in [7, 11) is 3.60. The van der Waals surface area contributed by atoms with E-state index < -0.39 is 12.1 Å². The summed E-state index contributed by atoms with van der Waals surface area (Å²) in [6.45, 7) is 2.82. The summed E-state index contributed by atoms with van der Waals surface area (Å²) in [4.78, 5) is 39.3. The second-order valence-corrected chi connectivity index (χ2v) is 14.4. The number of hydrogen-bond acceptors (Lipinski definition) is 7. The summed E-state index contributed by atoms with van der Waals surface area (Å²) in [5, 5.41) is 14.7. The van der Waals surface area contributed by atoms with Crippen molar-refractivity contribution in [1.29, 1.82) is 0 Å². The highest BCUT2D eigenvalue weighted by Crippen LogP contribution is 2.50. The van der Waals surface area contributed by atoms with Gasteiger partial charge in [0.15, 0.2) is 5.82 Å². The predicted molar refractivity (Wildman–Crippen MR) is 179 cm³/mol. The van der Waals surface area contributed by atoms with Gasteiger partial charge in [0.25, 0.3) is 5.91 Å². The molecule has 11 nitrogen and oxygen atoms in total. The smallest absolute Gasteiger partial charge is 0.254 e. The van der Waals surface area contributed by atoms with Crippen molar-refractivity contribution in [2.24, 2.45) is 18.2 Å². The lowest BCUT2D eigenvalue weighted by Crippen LogP contribution is -2.59. The lowest BCUT2D eigenvalue weighted by molar-refractivity contribution is -0.127. The predicted octanol–water partition coefficient (Wildman–Crippen LogP) is 4.59. The van der Waals surface area contributed by atoms with Crippen molar-refractivity contribution < 1.29 is 19.4 Å². The van der Waals surface area contributed by atoms with Gasteiger partial charge in [-0.05, 0) is 82.2 Å². The van der Waals surface area contributed by atoms with Crippen LogP contribution in [0.25, 0.3) is 33.6 Å². The van der Waals surface area contributed by atoms with Gasteiger partial charge in [0.1, 0.15) is 16.9 Å². The highest BCUT2D eigenvalue weighted by atomic mass is 16.5. The number of rotatable bonds is 3. The van der Waals surface area contributed by atoms with Crippen molar-refractivity contribution in [2.45, 2.75) is 108 Å². The van der Waals surface area contributed by atoms with Crippen LogP contribution in [-0.4, -0.2) is 72.3 Å². The van der Waals surface area contributed by atoms with E-state index in [2.05, 4.69) is 22.0 Å². The number of carbonyl (C=O) groups is 2. The van der Waals surface area contributed by atoms with E-state index in [-0.39, 0.29) is 35.4 Å². The Bertz CT molecular complexity index is 1890. The van der Waals surface area contributed by atoms with Gasteiger partial charge in [0.05, 0.1) is 48.2 Å². The molecule has 1 aromatic carbocycles. The fourth-order valence-corrected chi connectivity index (χ4v) is 8.54. The SMILES string of the molecule is COc1cc(C(=O)N2[C@H]3CC[C@@H]2[C@H](N)[C@H](O)C3)cc2nc(-c3cc4ccc5nc4n3CCCCCCC3(CC3)C(=O)N[C@@H]5C)n(C)c12. The highest BCUT2D eigenvalue weighted by Gasteiger charge is 2.49. The number of hydrogen-bond donors (Lipinski definition) is 3. The monoisotopic (exact) mass is 639 g/mol. The van der Waals surface area contributed by atoms with Crippen molar-refractivity contribution >= 4 is 33.9 Å². The minimum Gasteiger partial charge on any atom is -0.494 e. The molecule has 11 heteroatoms. The number of methoxy groups -OCH3 is 1. The number of aliphatic hydroxyl groups is 1. The van der Waals surface area contributed by atoms with Crippen LogP contribution in [0.3, 0.4) is 0 Å². The number of aryl methyl sites for hydroxylation is 2. The quantitative estimate of drug-likeness (QED) is 0.298. The number of nitrogens with one attached hydrogen (secondary N) is 1. The standard InChI is InChI=1S/C36H45N7O4/c1-20-24-10-8-21-17-27(42(32(21)39-24)15-7-5-4-6-12-36(13-14-36)35(46)38-20)33-40-25-16-22(18-29(47-3)31(25)41(33)2)34(45)43-23-9-11-26(43)30(37)28(44)19-23/h8,10,16-18,20,23,26,28,30,44H,4-7,9,11-15,19,37H2,1-3H3,(H,38,46)/t20-,23+,26-,28-,30+/m1/s1. The van der Waals surface area contributed by atoms with E-state index in [0.29, 0.717) is 23.3 Å². The summed E-state index contributed by atoms with van der Waals surface area (Å²) in [6, 6.07) is 9.08. The maximum Gasteiger partial charge on any atom is 0.254 e. The minimum absolute atomic E-state index is 0.0174. The van der Waals surface area contributed by atoms with Crippen LogP contribution >= 0.6 is 0 Å². The van der Waals surface area contributed by atoms with Crippen LogP contribution in [0, 0.1) is 5.41 Å². The largest absolute Gasteiger partial charge is 0.494 e. The van der Waals surface area contributed by atoms with Crippen LogP contribution in [-0.2, 0) is 18.4 Å². The van der Waals surface area contributed by atoms with E-state index >= 15 is 0 Å². The van der Waals surface area contributed by atoms with Crippen molar-refractivity contribution in [3.05, 3.63) is 41.6 Å². The second-order valence-electron chi connectivity index (χ2n) is 14.4. The first-order valence-electron chi connectivity index (χ1n) is 17.3. The lowest BCUT2D eigenvalue weighted by atomic mass is 9.94. The van der Waals surface area contributed by atoms with Crippen LogP contribution in [0.5, 0.6) is 5.75 Å². The molecule has 4 aromatic rings. The Morgan fingerprint density at radius 1 is 1.09 bits per heavy atom. The summed E-state index contributed by atoms with van der Waals surface area (Å²) < 4.78 is 10.2. The molecule has 2 amide bonds. The number of benzene rings is 1. The average molecular weight is 640 g/mol. The van der Waals surface area contributed by atoms with Gasteiger partial charge in [-0.15, -0.1) is 0 Å². The van der Waals surface area contributed by atoms with Crippen molar-refractivity contribution in [2.75, 3.05) is 7.11 Å². The van der Waals surface area contributed by atoms with Gasteiger partial charge in [0.2, 0.25) is 5.91 Å². The zero-order chi connectivity index (χ0) is 32.6. The second kappa shape index (κ2) is 11.3. The Morgan fingerprint density at radius 3 is 2.68 bits per heavy atom. The minimum atomic E-state index is -0.585. The molecule has 8 rings (SSSR count). The zero-order valence-electron chi connectivity index (χ0n) is 27.5. The van der Waals surface area contributed by atoms with Gasteiger partial charge in [-0.2, -0.15) is 0 Å². The van der Waals surface area contributed by atoms with E-state index in [0.717, 1.165) is 98.1 Å². The molecule has 1 saturated carbocycles. The fourth-order valence-electron chi connectivity index (χ4n) is 8.54. The Labute approximate surface area is 274 Å². The number of aromatic nitrogens is 4. The number of nitrogens with zero attached hydrogens (tertiary/aromatic N) is 5. The molecule has 3 aromatic heterocycles. The van der Waals surface area contributed by atoms with Crippen LogP contribution in [0.4, 0.5) is 0 Å². The molecule has 1 spiro atoms. The first-order valence-corrected chi connectivity index (χ1v) is 17.3. The third kappa shape index (κ3) is 4.92. The average Bonchev–Trinajstić information content (AvgIpc) is 3.51. The summed E-state index contributed by atoms with van der Waals surface area (Å²) in [5.41, 5.74) is 10.9. The van der Waals surface area contributed by atoms with E-state index in [1.807, 2.05) is 35.6 Å². The highest BCUT2D eigenvalue weighted by molar-refractivity contribution is 6.00. The van der Waals surface area contributed by atoms with Gasteiger partial charge >= 0.3 is 0 Å². The molecule has 1 aliphatic carbocycles. The molecule has 248 valence electrons. The molecule has 4 N–H and O–H groups in total. The van der Waals surface area contributed by atoms with E-state index in [4.69, 9.17) is 20.4 Å². The number of ether oxygens (including phenoxy) is 1. The number of nitrogens with two attached hydrogens (primary N) is 1. The van der Waals surface area contributed by atoms with Gasteiger partial charge in [-0.1, -0.05) is 19.3 Å².